The van der Waals surface area contributed by atoms with Gasteiger partial charge < -0.3 is 22.2 Å². The zero-order valence-corrected chi connectivity index (χ0v) is 11.0. The number of imidazole rings is 1. The average Bonchev–Trinajstić information content (AvgIpc) is 2.52. The topological polar surface area (TPSA) is 119 Å². The van der Waals surface area contributed by atoms with Crippen molar-refractivity contribution < 1.29 is 0 Å². The van der Waals surface area contributed by atoms with Crippen LogP contribution in [0.1, 0.15) is 5.69 Å². The number of thioether (sulfide) groups is 1. The van der Waals surface area contributed by atoms with E-state index >= 15 is 0 Å². The predicted molar refractivity (Wildman–Crippen MR) is 73.8 cm³/mol. The molecule has 0 aliphatic carbocycles. The number of aliphatic imine (C=N–C) groups is 1. The highest BCUT2D eigenvalue weighted by Gasteiger charge is 1.99. The summed E-state index contributed by atoms with van der Waals surface area (Å²) in [6, 6.07) is 0. The fourth-order valence-corrected chi connectivity index (χ4v) is 1.54. The fraction of sp³-hybridized carbons (Fsp3) is 0.429. The molecule has 1 aromatic rings. The molecule has 0 saturated heterocycles. The quantitative estimate of drug-likeness (QED) is 0.354. The Morgan fingerprint density at radius 1 is 1.44 bits per heavy atom. The molecule has 0 saturated carbocycles. The number of hydrogen-bond donors (Lipinski definition) is 4. The Morgan fingerprint density at radius 3 is 2.69 bits per heavy atom. The Morgan fingerprint density at radius 2 is 2.12 bits per heavy atom. The Bertz CT molecular complexity index is 312. The van der Waals surface area contributed by atoms with Crippen LogP contribution in [0.15, 0.2) is 11.2 Å². The summed E-state index contributed by atoms with van der Waals surface area (Å²) in [7, 11) is 0. The number of aromatic amines is 1. The minimum absolute atomic E-state index is 0. The van der Waals surface area contributed by atoms with Crippen LogP contribution in [0.5, 0.6) is 0 Å². The highest BCUT2D eigenvalue weighted by Crippen LogP contribution is 2.12. The summed E-state index contributed by atoms with van der Waals surface area (Å²) in [5, 5.41) is 0. The van der Waals surface area contributed by atoms with Gasteiger partial charge in [-0.1, -0.05) is 0 Å². The highest BCUT2D eigenvalue weighted by molar-refractivity contribution is 7.98. The molecule has 7 N–H and O–H groups in total. The molecule has 0 aromatic carbocycles. The first kappa shape index (κ1) is 17.8. The number of aromatic nitrogens is 2. The van der Waals surface area contributed by atoms with Gasteiger partial charge in [-0.15, -0.1) is 24.8 Å². The molecule has 0 radical (unpaired) electrons. The summed E-state index contributed by atoms with van der Waals surface area (Å²) in [5.74, 6) is 2.20. The van der Waals surface area contributed by atoms with E-state index in [2.05, 4.69) is 15.0 Å². The average molecular weight is 287 g/mol. The molecule has 0 bridgehead atoms. The predicted octanol–water partition coefficient (Wildman–Crippen LogP) is 0.350. The van der Waals surface area contributed by atoms with Crippen molar-refractivity contribution in [3.63, 3.8) is 0 Å². The van der Waals surface area contributed by atoms with Crippen LogP contribution in [-0.4, -0.2) is 28.2 Å². The van der Waals surface area contributed by atoms with E-state index in [9.17, 15) is 0 Å². The van der Waals surface area contributed by atoms with Gasteiger partial charge in [0.15, 0.2) is 5.96 Å². The van der Waals surface area contributed by atoms with Crippen LogP contribution < -0.4 is 17.2 Å². The van der Waals surface area contributed by atoms with Gasteiger partial charge in [0.05, 0.1) is 6.20 Å². The SMILES string of the molecule is Cl.Cl.NCCSCc1cnc(N=C(N)N)[nH]1. The van der Waals surface area contributed by atoms with Crippen molar-refractivity contribution in [1.29, 1.82) is 0 Å². The lowest BCUT2D eigenvalue weighted by molar-refractivity contribution is 1.14. The number of halogens is 2. The van der Waals surface area contributed by atoms with Gasteiger partial charge in [-0.05, 0) is 0 Å². The highest BCUT2D eigenvalue weighted by atomic mass is 35.5. The lowest BCUT2D eigenvalue weighted by Gasteiger charge is -1.95. The second-order valence-electron chi connectivity index (χ2n) is 2.61. The van der Waals surface area contributed by atoms with Crippen molar-refractivity contribution in [2.75, 3.05) is 12.3 Å². The fourth-order valence-electron chi connectivity index (χ4n) is 0.865. The van der Waals surface area contributed by atoms with E-state index in [1.165, 1.54) is 0 Å². The first-order chi connectivity index (χ1) is 6.72. The van der Waals surface area contributed by atoms with Crippen LogP contribution in [0.4, 0.5) is 5.95 Å². The normalized spacial score (nSPS) is 8.81. The van der Waals surface area contributed by atoms with Crippen molar-refractivity contribution >= 4 is 48.5 Å². The number of nitrogens with zero attached hydrogens (tertiary/aromatic N) is 2. The minimum Gasteiger partial charge on any atom is -0.370 e. The first-order valence-electron chi connectivity index (χ1n) is 4.13. The molecule has 0 amide bonds. The standard InChI is InChI=1S/C7H14N6S.2ClH/c8-1-2-14-4-5-3-11-7(12-5)13-6(9)10;;/h3H,1-2,4,8H2,(H5,9,10,11,12,13);2*1H. The molecule has 16 heavy (non-hydrogen) atoms. The maximum absolute atomic E-state index is 5.36. The van der Waals surface area contributed by atoms with Gasteiger partial charge in [0.25, 0.3) is 0 Å². The second-order valence-corrected chi connectivity index (χ2v) is 3.72. The molecule has 0 aliphatic rings. The molecule has 0 aliphatic heterocycles. The van der Waals surface area contributed by atoms with Crippen molar-refractivity contribution in [3.8, 4) is 0 Å². The number of rotatable bonds is 5. The van der Waals surface area contributed by atoms with E-state index in [0.717, 1.165) is 17.2 Å². The zero-order valence-electron chi connectivity index (χ0n) is 8.55. The molecule has 0 unspecified atom stereocenters. The molecule has 9 heteroatoms. The van der Waals surface area contributed by atoms with E-state index in [-0.39, 0.29) is 30.8 Å². The summed E-state index contributed by atoms with van der Waals surface area (Å²) < 4.78 is 0. The maximum atomic E-state index is 5.36. The number of guanidine groups is 1. The summed E-state index contributed by atoms with van der Waals surface area (Å²) >= 11 is 1.73. The third-order valence-corrected chi connectivity index (χ3v) is 2.41. The minimum atomic E-state index is 0. The molecule has 1 heterocycles. The summed E-state index contributed by atoms with van der Waals surface area (Å²) in [6.45, 7) is 0.680. The van der Waals surface area contributed by atoms with Crippen LogP contribution in [0, 0.1) is 0 Å². The molecule has 1 aromatic heterocycles. The molecule has 0 atom stereocenters. The van der Waals surface area contributed by atoms with Crippen LogP contribution in [0.2, 0.25) is 0 Å². The number of hydrogen-bond acceptors (Lipinski definition) is 4. The van der Waals surface area contributed by atoms with Crippen molar-refractivity contribution in [2.45, 2.75) is 5.75 Å². The van der Waals surface area contributed by atoms with Crippen LogP contribution in [0.25, 0.3) is 0 Å². The Hall–Kier alpha value is -0.630. The number of H-pyrrole nitrogens is 1. The maximum Gasteiger partial charge on any atom is 0.230 e. The van der Waals surface area contributed by atoms with Crippen LogP contribution >= 0.6 is 36.6 Å². The van der Waals surface area contributed by atoms with Gasteiger partial charge in [-0.3, -0.25) is 0 Å². The largest absolute Gasteiger partial charge is 0.370 e. The number of nitrogens with two attached hydrogens (primary N) is 3. The van der Waals surface area contributed by atoms with Crippen molar-refractivity contribution in [1.82, 2.24) is 9.97 Å². The Balaban J connectivity index is 0. The van der Waals surface area contributed by atoms with E-state index in [1.807, 2.05) is 0 Å². The van der Waals surface area contributed by atoms with Crippen molar-refractivity contribution in [3.05, 3.63) is 11.9 Å². The summed E-state index contributed by atoms with van der Waals surface area (Å²) in [4.78, 5) is 10.8. The molecule has 0 spiro atoms. The van der Waals surface area contributed by atoms with E-state index in [1.54, 1.807) is 18.0 Å². The van der Waals surface area contributed by atoms with Gasteiger partial charge in [0.1, 0.15) is 0 Å². The van der Waals surface area contributed by atoms with Gasteiger partial charge in [-0.2, -0.15) is 16.8 Å². The smallest absolute Gasteiger partial charge is 0.230 e. The Labute approximate surface area is 111 Å². The van der Waals surface area contributed by atoms with Gasteiger partial charge in [-0.25, -0.2) is 4.98 Å². The van der Waals surface area contributed by atoms with Gasteiger partial charge in [0, 0.05) is 23.7 Å². The summed E-state index contributed by atoms with van der Waals surface area (Å²) in [5.41, 5.74) is 16.8. The van der Waals surface area contributed by atoms with Crippen LogP contribution in [-0.2, 0) is 5.75 Å². The molecule has 6 nitrogen and oxygen atoms in total. The first-order valence-corrected chi connectivity index (χ1v) is 5.29. The third-order valence-electron chi connectivity index (χ3n) is 1.37. The second kappa shape index (κ2) is 9.59. The lowest BCUT2D eigenvalue weighted by atomic mass is 10.6. The molecular formula is C7H16Cl2N6S. The van der Waals surface area contributed by atoms with Crippen molar-refractivity contribution in [2.24, 2.45) is 22.2 Å². The molecule has 94 valence electrons. The van der Waals surface area contributed by atoms with E-state index < -0.39 is 0 Å². The van der Waals surface area contributed by atoms with E-state index in [4.69, 9.17) is 17.2 Å². The molecular weight excluding hydrogens is 271 g/mol. The molecule has 1 rings (SSSR count). The van der Waals surface area contributed by atoms with Gasteiger partial charge >= 0.3 is 0 Å². The monoisotopic (exact) mass is 286 g/mol. The third kappa shape index (κ3) is 6.78. The van der Waals surface area contributed by atoms with Crippen LogP contribution in [0.3, 0.4) is 0 Å². The number of nitrogens with one attached hydrogen (secondary N) is 1. The van der Waals surface area contributed by atoms with Gasteiger partial charge in [0.2, 0.25) is 5.95 Å². The molecule has 0 fully saturated rings. The lowest BCUT2D eigenvalue weighted by Crippen LogP contribution is -2.22. The zero-order chi connectivity index (χ0) is 10.4. The summed E-state index contributed by atoms with van der Waals surface area (Å²) in [6.07, 6.45) is 1.71. The van der Waals surface area contributed by atoms with E-state index in [0.29, 0.717) is 12.5 Å². The Kier molecular flexibility index (Phi) is 10.6.